The van der Waals surface area contributed by atoms with E-state index in [1.54, 1.807) is 12.1 Å². The Morgan fingerprint density at radius 1 is 1.25 bits per heavy atom. The lowest BCUT2D eigenvalue weighted by atomic mass is 10.2. The van der Waals surface area contributed by atoms with Crippen LogP contribution in [0.3, 0.4) is 0 Å². The van der Waals surface area contributed by atoms with Crippen molar-refractivity contribution >= 4 is 15.9 Å². The van der Waals surface area contributed by atoms with Gasteiger partial charge in [-0.1, -0.05) is 22.0 Å². The summed E-state index contributed by atoms with van der Waals surface area (Å²) in [7, 11) is 0. The van der Waals surface area contributed by atoms with Gasteiger partial charge in [-0.05, 0) is 18.6 Å². The maximum atomic E-state index is 13.9. The van der Waals surface area contributed by atoms with E-state index in [9.17, 15) is 4.39 Å². The molecule has 0 spiro atoms. The molecule has 3 rings (SSSR count). The van der Waals surface area contributed by atoms with Gasteiger partial charge in [0.1, 0.15) is 5.82 Å². The zero-order valence-electron chi connectivity index (χ0n) is 11.6. The summed E-state index contributed by atoms with van der Waals surface area (Å²) in [6.45, 7) is 7.29. The molecule has 0 amide bonds. The van der Waals surface area contributed by atoms with Crippen molar-refractivity contribution in [3.63, 3.8) is 0 Å². The summed E-state index contributed by atoms with van der Waals surface area (Å²) in [4.78, 5) is 4.95. The maximum absolute atomic E-state index is 13.9. The fourth-order valence-corrected chi connectivity index (χ4v) is 3.68. The Kier molecular flexibility index (Phi) is 4.71. The number of nitrogens with one attached hydrogen (secondary N) is 1. The molecule has 0 saturated carbocycles. The summed E-state index contributed by atoms with van der Waals surface area (Å²) in [5, 5.41) is 3.39. The van der Waals surface area contributed by atoms with E-state index in [1.165, 1.54) is 6.42 Å². The first-order valence-electron chi connectivity index (χ1n) is 7.34. The minimum atomic E-state index is -0.106. The summed E-state index contributed by atoms with van der Waals surface area (Å²) in [6.07, 6.45) is 1.20. The van der Waals surface area contributed by atoms with Crippen LogP contribution in [0.15, 0.2) is 22.7 Å². The minimum absolute atomic E-state index is 0.106. The third kappa shape index (κ3) is 3.22. The van der Waals surface area contributed by atoms with Crippen LogP contribution in [0.5, 0.6) is 0 Å². The largest absolute Gasteiger partial charge is 0.314 e. The number of hydrogen-bond donors (Lipinski definition) is 1. The normalized spacial score (nSPS) is 25.2. The van der Waals surface area contributed by atoms with Gasteiger partial charge in [0.15, 0.2) is 0 Å². The number of nitrogens with zero attached hydrogens (tertiary/aromatic N) is 2. The van der Waals surface area contributed by atoms with Gasteiger partial charge < -0.3 is 5.32 Å². The van der Waals surface area contributed by atoms with E-state index in [1.807, 2.05) is 6.07 Å². The molecular weight excluding hydrogens is 321 g/mol. The SMILES string of the molecule is Fc1cccc(Br)c1CN1CCC(N2CCNCC2)C1. The summed E-state index contributed by atoms with van der Waals surface area (Å²) >= 11 is 3.46. The van der Waals surface area contributed by atoms with Gasteiger partial charge in [-0.15, -0.1) is 0 Å². The van der Waals surface area contributed by atoms with Crippen LogP contribution in [0.2, 0.25) is 0 Å². The second-order valence-corrected chi connectivity index (χ2v) is 6.52. The molecule has 1 unspecified atom stereocenters. The van der Waals surface area contributed by atoms with Crippen molar-refractivity contribution in [1.82, 2.24) is 15.1 Å². The van der Waals surface area contributed by atoms with Gasteiger partial charge in [-0.25, -0.2) is 4.39 Å². The molecule has 2 heterocycles. The van der Waals surface area contributed by atoms with Crippen LogP contribution in [-0.2, 0) is 6.54 Å². The quantitative estimate of drug-likeness (QED) is 0.907. The molecule has 2 aliphatic rings. The van der Waals surface area contributed by atoms with Gasteiger partial charge >= 0.3 is 0 Å². The summed E-state index contributed by atoms with van der Waals surface area (Å²) in [5.41, 5.74) is 0.786. The molecule has 1 aromatic rings. The molecule has 0 radical (unpaired) electrons. The molecule has 2 saturated heterocycles. The summed E-state index contributed by atoms with van der Waals surface area (Å²) in [5.74, 6) is -0.106. The molecule has 2 fully saturated rings. The Hall–Kier alpha value is -0.490. The highest BCUT2D eigenvalue weighted by Crippen LogP contribution is 2.24. The zero-order chi connectivity index (χ0) is 13.9. The van der Waals surface area contributed by atoms with Gasteiger partial charge in [-0.2, -0.15) is 0 Å². The number of halogens is 2. The fraction of sp³-hybridized carbons (Fsp3) is 0.600. The molecule has 110 valence electrons. The van der Waals surface area contributed by atoms with Crippen molar-refractivity contribution < 1.29 is 4.39 Å². The lowest BCUT2D eigenvalue weighted by Gasteiger charge is -2.32. The van der Waals surface area contributed by atoms with Crippen molar-refractivity contribution in [2.24, 2.45) is 0 Å². The second kappa shape index (κ2) is 6.52. The third-order valence-corrected chi connectivity index (χ3v) is 5.10. The molecular formula is C15H21BrFN3. The maximum Gasteiger partial charge on any atom is 0.128 e. The first-order chi connectivity index (χ1) is 9.74. The summed E-state index contributed by atoms with van der Waals surface area (Å²) in [6, 6.07) is 5.85. The van der Waals surface area contributed by atoms with E-state index < -0.39 is 0 Å². The predicted molar refractivity (Wildman–Crippen MR) is 82.2 cm³/mol. The Morgan fingerprint density at radius 3 is 2.80 bits per heavy atom. The molecule has 2 aliphatic heterocycles. The van der Waals surface area contributed by atoms with Gasteiger partial charge in [0, 0.05) is 61.9 Å². The fourth-order valence-electron chi connectivity index (χ4n) is 3.21. The Balaban J connectivity index is 1.60. The molecule has 0 bridgehead atoms. The van der Waals surface area contributed by atoms with Crippen LogP contribution in [-0.4, -0.2) is 55.1 Å². The third-order valence-electron chi connectivity index (χ3n) is 4.36. The standard InChI is InChI=1S/C15H21BrFN3/c16-14-2-1-3-15(17)13(14)11-19-7-4-12(10-19)20-8-5-18-6-9-20/h1-3,12,18H,4-11H2. The highest BCUT2D eigenvalue weighted by atomic mass is 79.9. The molecule has 0 aromatic heterocycles. The second-order valence-electron chi connectivity index (χ2n) is 5.66. The molecule has 1 N–H and O–H groups in total. The lowest BCUT2D eigenvalue weighted by Crippen LogP contribution is -2.49. The first kappa shape index (κ1) is 14.4. The van der Waals surface area contributed by atoms with Gasteiger partial charge in [0.05, 0.1) is 0 Å². The topological polar surface area (TPSA) is 18.5 Å². The minimum Gasteiger partial charge on any atom is -0.314 e. The highest BCUT2D eigenvalue weighted by molar-refractivity contribution is 9.10. The number of hydrogen-bond acceptors (Lipinski definition) is 3. The van der Waals surface area contributed by atoms with Crippen molar-refractivity contribution in [3.05, 3.63) is 34.1 Å². The molecule has 1 atom stereocenters. The van der Waals surface area contributed by atoms with Crippen LogP contribution in [0.25, 0.3) is 0 Å². The van der Waals surface area contributed by atoms with Crippen LogP contribution in [0.4, 0.5) is 4.39 Å². The highest BCUT2D eigenvalue weighted by Gasteiger charge is 2.28. The van der Waals surface area contributed by atoms with Crippen molar-refractivity contribution in [1.29, 1.82) is 0 Å². The van der Waals surface area contributed by atoms with Crippen LogP contribution in [0, 0.1) is 5.82 Å². The Labute approximate surface area is 128 Å². The van der Waals surface area contributed by atoms with Crippen LogP contribution >= 0.6 is 15.9 Å². The van der Waals surface area contributed by atoms with E-state index in [2.05, 4.69) is 31.0 Å². The summed E-state index contributed by atoms with van der Waals surface area (Å²) < 4.78 is 14.8. The number of benzene rings is 1. The zero-order valence-corrected chi connectivity index (χ0v) is 13.2. The molecule has 3 nitrogen and oxygen atoms in total. The average molecular weight is 342 g/mol. The van der Waals surface area contributed by atoms with Crippen molar-refractivity contribution in [2.75, 3.05) is 39.3 Å². The smallest absolute Gasteiger partial charge is 0.128 e. The van der Waals surface area contributed by atoms with Crippen molar-refractivity contribution in [3.8, 4) is 0 Å². The first-order valence-corrected chi connectivity index (χ1v) is 8.13. The molecule has 0 aliphatic carbocycles. The Bertz CT molecular complexity index is 442. The monoisotopic (exact) mass is 341 g/mol. The molecule has 5 heteroatoms. The van der Waals surface area contributed by atoms with E-state index in [0.29, 0.717) is 12.6 Å². The molecule has 1 aromatic carbocycles. The number of rotatable bonds is 3. The van der Waals surface area contributed by atoms with Gasteiger partial charge in [0.2, 0.25) is 0 Å². The van der Waals surface area contributed by atoms with E-state index in [4.69, 9.17) is 0 Å². The van der Waals surface area contributed by atoms with E-state index >= 15 is 0 Å². The average Bonchev–Trinajstić information content (AvgIpc) is 2.93. The van der Waals surface area contributed by atoms with Crippen LogP contribution in [0.1, 0.15) is 12.0 Å². The predicted octanol–water partition coefficient (Wildman–Crippen LogP) is 2.07. The van der Waals surface area contributed by atoms with Gasteiger partial charge in [0.25, 0.3) is 0 Å². The number of piperazine rings is 1. The molecule has 20 heavy (non-hydrogen) atoms. The van der Waals surface area contributed by atoms with Crippen LogP contribution < -0.4 is 5.32 Å². The van der Waals surface area contributed by atoms with Gasteiger partial charge in [-0.3, -0.25) is 9.80 Å². The van der Waals surface area contributed by atoms with E-state index in [0.717, 1.165) is 49.3 Å². The van der Waals surface area contributed by atoms with Crippen molar-refractivity contribution in [2.45, 2.75) is 19.0 Å². The van der Waals surface area contributed by atoms with E-state index in [-0.39, 0.29) is 5.82 Å². The number of likely N-dealkylation sites (tertiary alicyclic amines) is 1. The Morgan fingerprint density at radius 2 is 2.05 bits per heavy atom. The lowest BCUT2D eigenvalue weighted by molar-refractivity contribution is 0.170.